The zero-order valence-corrected chi connectivity index (χ0v) is 8.90. The highest BCUT2D eigenvalue weighted by atomic mass is 15.4. The van der Waals surface area contributed by atoms with E-state index in [4.69, 9.17) is 0 Å². The zero-order chi connectivity index (χ0) is 9.97. The topological polar surface area (TPSA) is 42.7 Å². The number of hydrogen-bond donors (Lipinski definition) is 1. The van der Waals surface area contributed by atoms with Gasteiger partial charge in [0.1, 0.15) is 0 Å². The molecule has 2 heterocycles. The molecule has 0 radical (unpaired) electrons. The van der Waals surface area contributed by atoms with E-state index in [2.05, 4.69) is 35.7 Å². The highest BCUT2D eigenvalue weighted by molar-refractivity contribution is 5.02. The van der Waals surface area contributed by atoms with Crippen molar-refractivity contribution in [3.63, 3.8) is 0 Å². The van der Waals surface area contributed by atoms with Gasteiger partial charge in [-0.1, -0.05) is 11.6 Å². The molecule has 0 aliphatic carbocycles. The molecule has 4 heteroatoms. The van der Waals surface area contributed by atoms with Crippen molar-refractivity contribution in [1.29, 1.82) is 0 Å². The normalized spacial score (nSPS) is 22.9. The lowest BCUT2D eigenvalue weighted by Gasteiger charge is -2.20. The predicted molar refractivity (Wildman–Crippen MR) is 55.0 cm³/mol. The maximum Gasteiger partial charge on any atom is 0.0996 e. The molecule has 0 saturated carbocycles. The van der Waals surface area contributed by atoms with E-state index < -0.39 is 0 Å². The van der Waals surface area contributed by atoms with Gasteiger partial charge in [-0.2, -0.15) is 0 Å². The van der Waals surface area contributed by atoms with E-state index in [1.54, 1.807) is 0 Å². The maximum atomic E-state index is 4.21. The lowest BCUT2D eigenvalue weighted by molar-refractivity contribution is 0.405. The van der Waals surface area contributed by atoms with Gasteiger partial charge in [-0.05, 0) is 33.2 Å². The minimum atomic E-state index is 0.403. The number of nitrogens with zero attached hydrogens (tertiary/aromatic N) is 3. The Bertz CT molecular complexity index is 286. The van der Waals surface area contributed by atoms with Crippen molar-refractivity contribution in [2.24, 2.45) is 0 Å². The lowest BCUT2D eigenvalue weighted by Crippen LogP contribution is -2.27. The van der Waals surface area contributed by atoms with Gasteiger partial charge in [0, 0.05) is 6.04 Å². The lowest BCUT2D eigenvalue weighted by atomic mass is 10.0. The highest BCUT2D eigenvalue weighted by Gasteiger charge is 2.17. The first-order chi connectivity index (χ1) is 6.77. The standard InChI is InChI=1S/C10H18N4/c1-8(2)14-7-10(12-13-14)9-5-3-4-6-11-9/h7-9,11H,3-6H2,1-2H3/t9-/m0/s1. The summed E-state index contributed by atoms with van der Waals surface area (Å²) in [7, 11) is 0. The van der Waals surface area contributed by atoms with Crippen LogP contribution < -0.4 is 5.32 Å². The van der Waals surface area contributed by atoms with Gasteiger partial charge in [0.25, 0.3) is 0 Å². The molecule has 2 rings (SSSR count). The summed E-state index contributed by atoms with van der Waals surface area (Å²) in [5.41, 5.74) is 1.10. The first kappa shape index (κ1) is 9.65. The van der Waals surface area contributed by atoms with Crippen LogP contribution in [-0.4, -0.2) is 21.5 Å². The van der Waals surface area contributed by atoms with Gasteiger partial charge >= 0.3 is 0 Å². The third-order valence-electron chi connectivity index (χ3n) is 2.72. The quantitative estimate of drug-likeness (QED) is 0.778. The first-order valence-electron chi connectivity index (χ1n) is 5.42. The second kappa shape index (κ2) is 4.09. The summed E-state index contributed by atoms with van der Waals surface area (Å²) in [6.45, 7) is 5.35. The molecule has 1 fully saturated rings. The van der Waals surface area contributed by atoms with Gasteiger partial charge in [0.2, 0.25) is 0 Å². The monoisotopic (exact) mass is 194 g/mol. The van der Waals surface area contributed by atoms with E-state index in [0.29, 0.717) is 12.1 Å². The molecule has 78 valence electrons. The van der Waals surface area contributed by atoms with Crippen molar-refractivity contribution < 1.29 is 0 Å². The van der Waals surface area contributed by atoms with Crippen LogP contribution in [0.1, 0.15) is 50.9 Å². The molecule has 1 aromatic heterocycles. The average Bonchev–Trinajstić information content (AvgIpc) is 2.68. The number of aromatic nitrogens is 3. The molecule has 1 N–H and O–H groups in total. The Morgan fingerprint density at radius 3 is 2.93 bits per heavy atom. The van der Waals surface area contributed by atoms with Crippen LogP contribution in [0.2, 0.25) is 0 Å². The Labute approximate surface area is 84.7 Å². The van der Waals surface area contributed by atoms with Gasteiger partial charge in [0.15, 0.2) is 0 Å². The van der Waals surface area contributed by atoms with Gasteiger partial charge in [-0.15, -0.1) is 5.10 Å². The van der Waals surface area contributed by atoms with Crippen molar-refractivity contribution in [1.82, 2.24) is 20.3 Å². The number of piperidine rings is 1. The third-order valence-corrected chi connectivity index (χ3v) is 2.72. The van der Waals surface area contributed by atoms with Crippen molar-refractivity contribution in [2.45, 2.75) is 45.2 Å². The fraction of sp³-hybridized carbons (Fsp3) is 0.800. The molecule has 14 heavy (non-hydrogen) atoms. The molecule has 0 amide bonds. The molecule has 1 aromatic rings. The molecular weight excluding hydrogens is 176 g/mol. The van der Waals surface area contributed by atoms with Crippen LogP contribution in [-0.2, 0) is 0 Å². The highest BCUT2D eigenvalue weighted by Crippen LogP contribution is 2.21. The maximum absolute atomic E-state index is 4.21. The summed E-state index contributed by atoms with van der Waals surface area (Å²) in [5.74, 6) is 0. The zero-order valence-electron chi connectivity index (χ0n) is 8.90. The number of rotatable bonds is 2. The summed E-state index contributed by atoms with van der Waals surface area (Å²) in [4.78, 5) is 0. The van der Waals surface area contributed by atoms with Crippen LogP contribution in [0.5, 0.6) is 0 Å². The number of nitrogens with one attached hydrogen (secondary N) is 1. The Kier molecular flexibility index (Phi) is 2.82. The molecule has 0 unspecified atom stereocenters. The van der Waals surface area contributed by atoms with E-state index in [0.717, 1.165) is 12.2 Å². The van der Waals surface area contributed by atoms with E-state index in [-0.39, 0.29) is 0 Å². The summed E-state index contributed by atoms with van der Waals surface area (Å²) in [5, 5.41) is 11.8. The van der Waals surface area contributed by atoms with Gasteiger partial charge < -0.3 is 5.32 Å². The van der Waals surface area contributed by atoms with Crippen LogP contribution in [0.15, 0.2) is 6.20 Å². The second-order valence-electron chi connectivity index (χ2n) is 4.22. The molecule has 0 spiro atoms. The molecular formula is C10H18N4. The second-order valence-corrected chi connectivity index (χ2v) is 4.22. The molecule has 0 aromatic carbocycles. The van der Waals surface area contributed by atoms with Crippen LogP contribution in [0.4, 0.5) is 0 Å². The fourth-order valence-corrected chi connectivity index (χ4v) is 1.81. The first-order valence-corrected chi connectivity index (χ1v) is 5.42. The molecule has 0 bridgehead atoms. The SMILES string of the molecule is CC(C)n1cc([C@@H]2CCCCN2)nn1. The van der Waals surface area contributed by atoms with E-state index in [1.807, 2.05) is 4.68 Å². The van der Waals surface area contributed by atoms with Crippen molar-refractivity contribution in [2.75, 3.05) is 6.54 Å². The molecule has 4 nitrogen and oxygen atoms in total. The van der Waals surface area contributed by atoms with Crippen LogP contribution in [0.3, 0.4) is 0 Å². The molecule has 1 aliphatic heterocycles. The molecule has 1 atom stereocenters. The minimum Gasteiger partial charge on any atom is -0.309 e. The Hall–Kier alpha value is -0.900. The van der Waals surface area contributed by atoms with E-state index in [9.17, 15) is 0 Å². The fourth-order valence-electron chi connectivity index (χ4n) is 1.81. The van der Waals surface area contributed by atoms with Gasteiger partial charge in [0.05, 0.1) is 17.9 Å². The Morgan fingerprint density at radius 2 is 2.36 bits per heavy atom. The summed E-state index contributed by atoms with van der Waals surface area (Å²) in [6, 6.07) is 0.830. The minimum absolute atomic E-state index is 0.403. The van der Waals surface area contributed by atoms with E-state index in [1.165, 1.54) is 19.3 Å². The summed E-state index contributed by atoms with van der Waals surface area (Å²) >= 11 is 0. The van der Waals surface area contributed by atoms with Crippen molar-refractivity contribution >= 4 is 0 Å². The summed E-state index contributed by atoms with van der Waals surface area (Å²) < 4.78 is 1.92. The average molecular weight is 194 g/mol. The Balaban J connectivity index is 2.07. The largest absolute Gasteiger partial charge is 0.309 e. The van der Waals surface area contributed by atoms with Crippen LogP contribution in [0, 0.1) is 0 Å². The van der Waals surface area contributed by atoms with Crippen molar-refractivity contribution in [3.05, 3.63) is 11.9 Å². The summed E-state index contributed by atoms with van der Waals surface area (Å²) in [6.07, 6.45) is 5.84. The smallest absolute Gasteiger partial charge is 0.0996 e. The van der Waals surface area contributed by atoms with Crippen molar-refractivity contribution in [3.8, 4) is 0 Å². The van der Waals surface area contributed by atoms with Gasteiger partial charge in [-0.25, -0.2) is 4.68 Å². The Morgan fingerprint density at radius 1 is 1.50 bits per heavy atom. The molecule has 1 aliphatic rings. The third kappa shape index (κ3) is 1.95. The molecule has 1 saturated heterocycles. The van der Waals surface area contributed by atoms with Gasteiger partial charge in [-0.3, -0.25) is 0 Å². The van der Waals surface area contributed by atoms with E-state index >= 15 is 0 Å². The van der Waals surface area contributed by atoms with Crippen LogP contribution >= 0.6 is 0 Å². The predicted octanol–water partition coefficient (Wildman–Crippen LogP) is 1.67. The van der Waals surface area contributed by atoms with Crippen LogP contribution in [0.25, 0.3) is 0 Å². The number of hydrogen-bond acceptors (Lipinski definition) is 3.